The number of benzene rings is 3. The average Bonchev–Trinajstić information content (AvgIpc) is 3.08. The van der Waals surface area contributed by atoms with E-state index in [0.717, 1.165) is 28.5 Å². The van der Waals surface area contributed by atoms with E-state index in [-0.39, 0.29) is 30.2 Å². The van der Waals surface area contributed by atoms with Crippen LogP contribution in [0.1, 0.15) is 16.7 Å². The third-order valence-electron chi connectivity index (χ3n) is 5.11. The lowest BCUT2D eigenvalue weighted by molar-refractivity contribution is -0.123. The number of carbonyl (C=O) groups is 3. The van der Waals surface area contributed by atoms with Crippen LogP contribution in [0.2, 0.25) is 10.0 Å². The number of imide groups is 1. The van der Waals surface area contributed by atoms with Gasteiger partial charge in [0.2, 0.25) is 0 Å². The van der Waals surface area contributed by atoms with Crippen molar-refractivity contribution in [1.82, 2.24) is 4.90 Å². The molecule has 1 saturated heterocycles. The van der Waals surface area contributed by atoms with Gasteiger partial charge < -0.3 is 10.1 Å². The van der Waals surface area contributed by atoms with Crippen LogP contribution in [0.15, 0.2) is 71.6 Å². The van der Waals surface area contributed by atoms with Crippen molar-refractivity contribution in [2.24, 2.45) is 0 Å². The molecule has 0 bridgehead atoms. The summed E-state index contributed by atoms with van der Waals surface area (Å²) in [5.41, 5.74) is 3.02. The van der Waals surface area contributed by atoms with Gasteiger partial charge >= 0.3 is 0 Å². The number of rotatable bonds is 7. The first-order valence-corrected chi connectivity index (χ1v) is 12.1. The number of aryl methyl sites for hydroxylation is 1. The van der Waals surface area contributed by atoms with Crippen LogP contribution in [0.4, 0.5) is 10.5 Å². The molecule has 1 N–H and O–H groups in total. The molecule has 1 heterocycles. The summed E-state index contributed by atoms with van der Waals surface area (Å²) in [5.74, 6) is -0.177. The van der Waals surface area contributed by atoms with Crippen molar-refractivity contribution in [2.45, 2.75) is 13.5 Å². The van der Waals surface area contributed by atoms with Crippen LogP contribution in [0.5, 0.6) is 5.75 Å². The molecule has 35 heavy (non-hydrogen) atoms. The lowest BCUT2D eigenvalue weighted by Gasteiger charge is -2.12. The number of ether oxygens (including phenoxy) is 1. The van der Waals surface area contributed by atoms with Crippen LogP contribution < -0.4 is 10.1 Å². The van der Waals surface area contributed by atoms with Crippen LogP contribution in [0, 0.1) is 6.92 Å². The minimum atomic E-state index is -0.354. The minimum absolute atomic E-state index is 0.159. The molecule has 3 amide bonds. The van der Waals surface area contributed by atoms with Gasteiger partial charge in [-0.05, 0) is 77.9 Å². The highest BCUT2D eigenvalue weighted by Crippen LogP contribution is 2.33. The number of carbonyl (C=O) groups excluding carboxylic acids is 3. The van der Waals surface area contributed by atoms with E-state index in [4.69, 9.17) is 27.9 Å². The highest BCUT2D eigenvalue weighted by atomic mass is 35.5. The molecule has 0 spiro atoms. The largest absolute Gasteiger partial charge is 0.484 e. The zero-order valence-electron chi connectivity index (χ0n) is 18.6. The van der Waals surface area contributed by atoms with E-state index in [1.807, 2.05) is 19.1 Å². The van der Waals surface area contributed by atoms with E-state index in [0.29, 0.717) is 26.4 Å². The molecular weight excluding hydrogens is 507 g/mol. The summed E-state index contributed by atoms with van der Waals surface area (Å²) in [6.45, 7) is 1.87. The Morgan fingerprint density at radius 3 is 2.54 bits per heavy atom. The van der Waals surface area contributed by atoms with Crippen molar-refractivity contribution in [3.8, 4) is 5.75 Å². The number of nitrogens with zero attached hydrogens (tertiary/aromatic N) is 1. The maximum absolute atomic E-state index is 12.7. The van der Waals surface area contributed by atoms with Crippen molar-refractivity contribution in [3.63, 3.8) is 0 Å². The summed E-state index contributed by atoms with van der Waals surface area (Å²) in [4.78, 5) is 38.8. The lowest BCUT2D eigenvalue weighted by Crippen LogP contribution is -2.27. The van der Waals surface area contributed by atoms with E-state index in [9.17, 15) is 14.4 Å². The first-order valence-electron chi connectivity index (χ1n) is 10.6. The minimum Gasteiger partial charge on any atom is -0.484 e. The van der Waals surface area contributed by atoms with Crippen molar-refractivity contribution >= 4 is 63.8 Å². The molecule has 4 rings (SSSR count). The Balaban J connectivity index is 1.34. The van der Waals surface area contributed by atoms with E-state index in [1.165, 1.54) is 4.90 Å². The standard InChI is InChI=1S/C26H20Cl2N2O4S/c1-16-5-8-20(13-22(16)28)29-24(31)15-34-21-9-6-17(7-10-21)12-23-25(32)30(26(33)35-23)14-18-3-2-4-19(27)11-18/h2-13H,14-15H2,1H3,(H,29,31)/b23-12-. The predicted octanol–water partition coefficient (Wildman–Crippen LogP) is 6.56. The molecule has 0 aliphatic carbocycles. The second kappa shape index (κ2) is 11.0. The van der Waals surface area contributed by atoms with Gasteiger partial charge in [0.25, 0.3) is 17.1 Å². The summed E-state index contributed by atoms with van der Waals surface area (Å²) in [7, 11) is 0. The van der Waals surface area contributed by atoms with Gasteiger partial charge in [-0.1, -0.05) is 53.5 Å². The molecule has 1 fully saturated rings. The zero-order valence-corrected chi connectivity index (χ0v) is 20.9. The third kappa shape index (κ3) is 6.45. The molecule has 0 atom stereocenters. The number of anilines is 1. The molecule has 1 aliphatic rings. The van der Waals surface area contributed by atoms with Crippen molar-refractivity contribution in [2.75, 3.05) is 11.9 Å². The van der Waals surface area contributed by atoms with Crippen LogP contribution in [0.25, 0.3) is 6.08 Å². The monoisotopic (exact) mass is 526 g/mol. The molecular formula is C26H20Cl2N2O4S. The second-order valence-corrected chi connectivity index (χ2v) is 9.60. The van der Waals surface area contributed by atoms with Crippen LogP contribution >= 0.6 is 35.0 Å². The number of hydrogen-bond donors (Lipinski definition) is 1. The molecule has 178 valence electrons. The number of nitrogens with one attached hydrogen (secondary N) is 1. The van der Waals surface area contributed by atoms with Crippen molar-refractivity contribution in [3.05, 3.63) is 98.4 Å². The Morgan fingerprint density at radius 2 is 1.83 bits per heavy atom. The third-order valence-corrected chi connectivity index (χ3v) is 6.66. The number of hydrogen-bond acceptors (Lipinski definition) is 5. The van der Waals surface area contributed by atoms with Gasteiger partial charge in [-0.2, -0.15) is 0 Å². The topological polar surface area (TPSA) is 75.7 Å². The molecule has 1 aliphatic heterocycles. The zero-order chi connectivity index (χ0) is 24.9. The molecule has 0 saturated carbocycles. The quantitative estimate of drug-likeness (QED) is 0.353. The lowest BCUT2D eigenvalue weighted by atomic mass is 10.2. The predicted molar refractivity (Wildman–Crippen MR) is 140 cm³/mol. The van der Waals surface area contributed by atoms with Crippen LogP contribution in [-0.4, -0.2) is 28.6 Å². The Bertz CT molecular complexity index is 1330. The van der Waals surface area contributed by atoms with E-state index >= 15 is 0 Å². The highest BCUT2D eigenvalue weighted by Gasteiger charge is 2.35. The number of thioether (sulfide) groups is 1. The Kier molecular flexibility index (Phi) is 7.80. The molecule has 0 radical (unpaired) electrons. The second-order valence-electron chi connectivity index (χ2n) is 7.77. The fraction of sp³-hybridized carbons (Fsp3) is 0.115. The maximum atomic E-state index is 12.7. The van der Waals surface area contributed by atoms with E-state index < -0.39 is 0 Å². The summed E-state index contributed by atoms with van der Waals surface area (Å²) in [5, 5.41) is 3.52. The molecule has 3 aromatic carbocycles. The van der Waals surface area contributed by atoms with E-state index in [2.05, 4.69) is 5.32 Å². The van der Waals surface area contributed by atoms with Gasteiger partial charge in [0, 0.05) is 15.7 Å². The summed E-state index contributed by atoms with van der Waals surface area (Å²) in [6.07, 6.45) is 1.65. The van der Waals surface area contributed by atoms with E-state index in [1.54, 1.807) is 60.7 Å². The molecule has 9 heteroatoms. The van der Waals surface area contributed by atoms with Crippen LogP contribution in [0.3, 0.4) is 0 Å². The summed E-state index contributed by atoms with van der Waals surface area (Å²) in [6, 6.07) is 19.2. The summed E-state index contributed by atoms with van der Waals surface area (Å²) >= 11 is 13.0. The first-order chi connectivity index (χ1) is 16.8. The SMILES string of the molecule is Cc1ccc(NC(=O)COc2ccc(/C=C3\SC(=O)N(Cc4cccc(Cl)c4)C3=O)cc2)cc1Cl. The van der Waals surface area contributed by atoms with Gasteiger partial charge in [0.1, 0.15) is 5.75 Å². The van der Waals surface area contributed by atoms with Crippen LogP contribution in [-0.2, 0) is 16.1 Å². The van der Waals surface area contributed by atoms with Gasteiger partial charge in [-0.3, -0.25) is 19.3 Å². The smallest absolute Gasteiger partial charge is 0.293 e. The number of amides is 3. The number of halogens is 2. The fourth-order valence-corrected chi connectivity index (χ4v) is 4.51. The average molecular weight is 527 g/mol. The Morgan fingerprint density at radius 1 is 1.06 bits per heavy atom. The maximum Gasteiger partial charge on any atom is 0.293 e. The Hall–Kier alpha value is -3.26. The normalized spacial score (nSPS) is 14.5. The fourth-order valence-electron chi connectivity index (χ4n) is 3.28. The Labute approximate surface area is 216 Å². The molecule has 0 unspecified atom stereocenters. The first kappa shape index (κ1) is 24.9. The highest BCUT2D eigenvalue weighted by molar-refractivity contribution is 8.18. The van der Waals surface area contributed by atoms with Crippen molar-refractivity contribution < 1.29 is 19.1 Å². The molecule has 0 aromatic heterocycles. The molecule has 6 nitrogen and oxygen atoms in total. The van der Waals surface area contributed by atoms with Gasteiger partial charge in [-0.25, -0.2) is 0 Å². The van der Waals surface area contributed by atoms with Gasteiger partial charge in [0.15, 0.2) is 6.61 Å². The van der Waals surface area contributed by atoms with Crippen molar-refractivity contribution in [1.29, 1.82) is 0 Å². The van der Waals surface area contributed by atoms with Gasteiger partial charge in [-0.15, -0.1) is 0 Å². The van der Waals surface area contributed by atoms with Gasteiger partial charge in [0.05, 0.1) is 11.4 Å². The molecule has 3 aromatic rings. The summed E-state index contributed by atoms with van der Waals surface area (Å²) < 4.78 is 5.54.